The zero-order valence-electron chi connectivity index (χ0n) is 12.0. The number of aliphatic hydroxyl groups excluding tert-OH is 1. The molecule has 0 fully saturated rings. The molecule has 0 aromatic heterocycles. The Morgan fingerprint density at radius 3 is 2.24 bits per heavy atom. The molecule has 1 N–H and O–H groups in total. The number of aryl methyl sites for hydroxylation is 1. The highest BCUT2D eigenvalue weighted by Crippen LogP contribution is 2.36. The van der Waals surface area contributed by atoms with Crippen LogP contribution in [0.25, 0.3) is 0 Å². The van der Waals surface area contributed by atoms with Gasteiger partial charge in [0.25, 0.3) is 0 Å². The lowest BCUT2D eigenvalue weighted by molar-refractivity contribution is 0.213. The molecule has 0 spiro atoms. The Morgan fingerprint density at radius 2 is 1.67 bits per heavy atom. The SMILES string of the molecule is COc1cc(F)c(C(O)c2ccc(C)cc2Br)cc1OC. The minimum Gasteiger partial charge on any atom is -0.493 e. The molecule has 0 amide bonds. The first-order chi connectivity index (χ1) is 9.97. The first kappa shape index (κ1) is 15.8. The van der Waals surface area contributed by atoms with Crippen molar-refractivity contribution >= 4 is 15.9 Å². The molecule has 0 radical (unpaired) electrons. The second-order valence-corrected chi connectivity index (χ2v) is 5.51. The van der Waals surface area contributed by atoms with Crippen LogP contribution in [-0.2, 0) is 0 Å². The fourth-order valence-corrected chi connectivity index (χ4v) is 2.81. The Balaban J connectivity index is 2.50. The van der Waals surface area contributed by atoms with Gasteiger partial charge in [-0.25, -0.2) is 4.39 Å². The lowest BCUT2D eigenvalue weighted by atomic mass is 9.99. The molecule has 0 saturated carbocycles. The van der Waals surface area contributed by atoms with Gasteiger partial charge < -0.3 is 14.6 Å². The first-order valence-corrected chi connectivity index (χ1v) is 7.12. The van der Waals surface area contributed by atoms with Crippen molar-refractivity contribution in [2.75, 3.05) is 14.2 Å². The Labute approximate surface area is 131 Å². The maximum Gasteiger partial charge on any atom is 0.163 e. The summed E-state index contributed by atoms with van der Waals surface area (Å²) >= 11 is 3.39. The maximum atomic E-state index is 14.2. The molecule has 0 aliphatic heterocycles. The van der Waals surface area contributed by atoms with E-state index in [2.05, 4.69) is 15.9 Å². The normalized spacial score (nSPS) is 12.1. The maximum absolute atomic E-state index is 14.2. The average molecular weight is 355 g/mol. The molecule has 0 saturated heterocycles. The minimum absolute atomic E-state index is 0.136. The molecule has 0 aliphatic rings. The number of ether oxygens (including phenoxy) is 2. The monoisotopic (exact) mass is 354 g/mol. The standard InChI is InChI=1S/C16H16BrFO3/c1-9-4-5-10(12(17)6-9)16(19)11-7-14(20-2)15(21-3)8-13(11)18/h4-8,16,19H,1-3H3. The van der Waals surface area contributed by atoms with Crippen molar-refractivity contribution < 1.29 is 19.0 Å². The summed E-state index contributed by atoms with van der Waals surface area (Å²) in [6.07, 6.45) is -1.10. The van der Waals surface area contributed by atoms with Gasteiger partial charge in [-0.15, -0.1) is 0 Å². The molecule has 5 heteroatoms. The second kappa shape index (κ2) is 6.45. The third kappa shape index (κ3) is 3.19. The summed E-state index contributed by atoms with van der Waals surface area (Å²) in [7, 11) is 2.90. The molecule has 21 heavy (non-hydrogen) atoms. The van der Waals surface area contributed by atoms with Gasteiger partial charge >= 0.3 is 0 Å². The average Bonchev–Trinajstić information content (AvgIpc) is 2.46. The van der Waals surface area contributed by atoms with Gasteiger partial charge in [0.15, 0.2) is 11.5 Å². The molecule has 2 rings (SSSR count). The van der Waals surface area contributed by atoms with Gasteiger partial charge in [0, 0.05) is 16.1 Å². The van der Waals surface area contributed by atoms with Crippen LogP contribution in [0.5, 0.6) is 11.5 Å². The van der Waals surface area contributed by atoms with Gasteiger partial charge in [0.2, 0.25) is 0 Å². The molecular weight excluding hydrogens is 339 g/mol. The van der Waals surface area contributed by atoms with Crippen molar-refractivity contribution in [1.29, 1.82) is 0 Å². The van der Waals surface area contributed by atoms with Gasteiger partial charge in [-0.3, -0.25) is 0 Å². The number of rotatable bonds is 4. The zero-order chi connectivity index (χ0) is 15.6. The minimum atomic E-state index is -1.10. The van der Waals surface area contributed by atoms with Crippen molar-refractivity contribution in [3.8, 4) is 11.5 Å². The van der Waals surface area contributed by atoms with Crippen LogP contribution in [-0.4, -0.2) is 19.3 Å². The number of methoxy groups -OCH3 is 2. The molecule has 0 bridgehead atoms. The van der Waals surface area contributed by atoms with E-state index in [0.717, 1.165) is 10.0 Å². The highest BCUT2D eigenvalue weighted by molar-refractivity contribution is 9.10. The molecule has 1 atom stereocenters. The molecule has 0 aliphatic carbocycles. The number of hydrogen-bond acceptors (Lipinski definition) is 3. The Hall–Kier alpha value is -1.59. The largest absolute Gasteiger partial charge is 0.493 e. The van der Waals surface area contributed by atoms with Crippen molar-refractivity contribution in [3.63, 3.8) is 0 Å². The number of aliphatic hydroxyl groups is 1. The summed E-state index contributed by atoms with van der Waals surface area (Å²) in [6.45, 7) is 1.94. The molecule has 2 aromatic carbocycles. The van der Waals surface area contributed by atoms with Crippen LogP contribution < -0.4 is 9.47 Å². The van der Waals surface area contributed by atoms with Crippen LogP contribution >= 0.6 is 15.9 Å². The predicted molar refractivity (Wildman–Crippen MR) is 82.4 cm³/mol. The van der Waals surface area contributed by atoms with Crippen LogP contribution in [0, 0.1) is 12.7 Å². The quantitative estimate of drug-likeness (QED) is 0.901. The first-order valence-electron chi connectivity index (χ1n) is 6.33. The Morgan fingerprint density at radius 1 is 1.05 bits per heavy atom. The molecule has 2 aromatic rings. The van der Waals surface area contributed by atoms with E-state index in [1.807, 2.05) is 19.1 Å². The van der Waals surface area contributed by atoms with E-state index in [9.17, 15) is 9.50 Å². The van der Waals surface area contributed by atoms with Crippen LogP contribution in [0.3, 0.4) is 0 Å². The molecular formula is C16H16BrFO3. The zero-order valence-corrected chi connectivity index (χ0v) is 13.6. The van der Waals surface area contributed by atoms with E-state index in [4.69, 9.17) is 9.47 Å². The topological polar surface area (TPSA) is 38.7 Å². The molecule has 3 nitrogen and oxygen atoms in total. The summed E-state index contributed by atoms with van der Waals surface area (Å²) in [5.74, 6) is 0.109. The predicted octanol–water partition coefficient (Wildman–Crippen LogP) is 4.00. The van der Waals surface area contributed by atoms with E-state index < -0.39 is 11.9 Å². The lowest BCUT2D eigenvalue weighted by Gasteiger charge is -2.17. The molecule has 1 unspecified atom stereocenters. The van der Waals surface area contributed by atoms with E-state index >= 15 is 0 Å². The summed E-state index contributed by atoms with van der Waals surface area (Å²) in [5.41, 5.74) is 1.77. The third-order valence-corrected chi connectivity index (χ3v) is 3.93. The Bertz CT molecular complexity index is 658. The highest BCUT2D eigenvalue weighted by Gasteiger charge is 2.20. The van der Waals surface area contributed by atoms with Crippen LogP contribution in [0.1, 0.15) is 22.8 Å². The number of hydrogen-bond donors (Lipinski definition) is 1. The summed E-state index contributed by atoms with van der Waals surface area (Å²) < 4.78 is 25.1. The fraction of sp³-hybridized carbons (Fsp3) is 0.250. The van der Waals surface area contributed by atoms with Crippen LogP contribution in [0.4, 0.5) is 4.39 Å². The van der Waals surface area contributed by atoms with Crippen LogP contribution in [0.15, 0.2) is 34.8 Å². The fourth-order valence-electron chi connectivity index (χ4n) is 2.10. The smallest absolute Gasteiger partial charge is 0.163 e. The molecule has 112 valence electrons. The lowest BCUT2D eigenvalue weighted by Crippen LogP contribution is -2.05. The van der Waals surface area contributed by atoms with Crippen molar-refractivity contribution in [2.45, 2.75) is 13.0 Å². The van der Waals surface area contributed by atoms with E-state index in [0.29, 0.717) is 11.3 Å². The van der Waals surface area contributed by atoms with E-state index in [-0.39, 0.29) is 11.3 Å². The number of benzene rings is 2. The van der Waals surface area contributed by atoms with Crippen molar-refractivity contribution in [1.82, 2.24) is 0 Å². The third-order valence-electron chi connectivity index (χ3n) is 3.25. The number of halogens is 2. The van der Waals surface area contributed by atoms with Gasteiger partial charge in [-0.2, -0.15) is 0 Å². The summed E-state index contributed by atoms with van der Waals surface area (Å²) in [5, 5.41) is 10.5. The van der Waals surface area contributed by atoms with Gasteiger partial charge in [0.05, 0.1) is 14.2 Å². The van der Waals surface area contributed by atoms with E-state index in [1.165, 1.54) is 26.4 Å². The summed E-state index contributed by atoms with van der Waals surface area (Å²) in [6, 6.07) is 8.16. The van der Waals surface area contributed by atoms with Gasteiger partial charge in [-0.05, 0) is 30.2 Å². The second-order valence-electron chi connectivity index (χ2n) is 4.66. The molecule has 0 heterocycles. The van der Waals surface area contributed by atoms with Crippen molar-refractivity contribution in [2.24, 2.45) is 0 Å². The Kier molecular flexibility index (Phi) is 4.85. The van der Waals surface area contributed by atoms with Crippen molar-refractivity contribution in [3.05, 3.63) is 57.3 Å². The van der Waals surface area contributed by atoms with Gasteiger partial charge in [-0.1, -0.05) is 28.1 Å². The van der Waals surface area contributed by atoms with Crippen LogP contribution in [0.2, 0.25) is 0 Å². The van der Waals surface area contributed by atoms with Gasteiger partial charge in [0.1, 0.15) is 11.9 Å². The van der Waals surface area contributed by atoms with E-state index in [1.54, 1.807) is 6.07 Å². The summed E-state index contributed by atoms with van der Waals surface area (Å²) in [4.78, 5) is 0. The highest BCUT2D eigenvalue weighted by atomic mass is 79.9.